The largest absolute Gasteiger partial charge is 0.481 e. The number of carbonyl (C=O) groups is 4. The highest BCUT2D eigenvalue weighted by Gasteiger charge is 2.30. The van der Waals surface area contributed by atoms with Gasteiger partial charge in [-0.3, -0.25) is 19.2 Å². The molecule has 1 aromatic carbocycles. The maximum Gasteiger partial charge on any atom is 0.306 e. The number of aliphatic carboxylic acids is 1. The quantitative estimate of drug-likeness (QED) is 0.182. The fraction of sp³-hybridized carbons (Fsp3) is 0.594. The monoisotopic (exact) mass is 603 g/mol. The maximum absolute atomic E-state index is 12.6. The van der Waals surface area contributed by atoms with Gasteiger partial charge >= 0.3 is 11.9 Å². The van der Waals surface area contributed by atoms with Crippen molar-refractivity contribution in [2.75, 3.05) is 14.1 Å². The van der Waals surface area contributed by atoms with Crippen molar-refractivity contribution < 1.29 is 29.0 Å². The summed E-state index contributed by atoms with van der Waals surface area (Å²) in [6, 6.07) is 10.2. The molecule has 2 aromatic rings. The van der Waals surface area contributed by atoms with Crippen molar-refractivity contribution >= 4 is 35.5 Å². The SMILES string of the molecule is CC[C@H](C)CC(=O)N(C)C(C[C@@H](OC(C)=O)c1nc(C=O)cs1)C(C)C.CN[C@@H](Cc1ccccc1)C[C@H](C)C(=O)O. The molecule has 42 heavy (non-hydrogen) atoms. The molecule has 2 N–H and O–H groups in total. The summed E-state index contributed by atoms with van der Waals surface area (Å²) < 4.78 is 5.46. The number of thiazole rings is 1. The first kappa shape index (κ1) is 36.9. The van der Waals surface area contributed by atoms with Gasteiger partial charge in [0.15, 0.2) is 12.4 Å². The van der Waals surface area contributed by atoms with Crippen LogP contribution in [0.1, 0.15) is 94.4 Å². The van der Waals surface area contributed by atoms with Gasteiger partial charge in [-0.2, -0.15) is 0 Å². The normalized spacial score (nSPS) is 14.5. The standard InChI is InChI=1S/C19H30N2O4S.C13H19NO2/c1-7-13(4)8-18(24)21(6)16(12(2)3)9-17(25-14(5)23)19-20-15(10-22)11-26-19;1-10(13(15)16)8-12(14-2)9-11-6-4-3-5-7-11/h10-13,16-17H,7-9H2,1-6H3;3-7,10,12,14H,8-9H2,1-2H3,(H,15,16)/t13-,16?,17+;10-,12+/m00/s1. The number of ether oxygens (including phenoxy) is 1. The van der Waals surface area contributed by atoms with Gasteiger partial charge in [0.1, 0.15) is 10.7 Å². The zero-order chi connectivity index (χ0) is 31.8. The minimum Gasteiger partial charge on any atom is -0.481 e. The zero-order valence-electron chi connectivity index (χ0n) is 26.3. The van der Waals surface area contributed by atoms with Gasteiger partial charge in [0.2, 0.25) is 5.91 Å². The number of benzene rings is 1. The Hall–Kier alpha value is -3.11. The van der Waals surface area contributed by atoms with Crippen molar-refractivity contribution in [2.24, 2.45) is 17.8 Å². The van der Waals surface area contributed by atoms with Crippen LogP contribution < -0.4 is 5.32 Å². The Bertz CT molecular complexity index is 1110. The average Bonchev–Trinajstić information content (AvgIpc) is 3.44. The number of esters is 1. The lowest BCUT2D eigenvalue weighted by Crippen LogP contribution is -2.42. The number of hydrogen-bond donors (Lipinski definition) is 2. The van der Waals surface area contributed by atoms with E-state index in [4.69, 9.17) is 9.84 Å². The smallest absolute Gasteiger partial charge is 0.306 e. The fourth-order valence-corrected chi connectivity index (χ4v) is 5.30. The van der Waals surface area contributed by atoms with Crippen LogP contribution in [0.15, 0.2) is 35.7 Å². The average molecular weight is 604 g/mol. The fourth-order valence-electron chi connectivity index (χ4n) is 4.50. The van der Waals surface area contributed by atoms with Gasteiger partial charge in [0.05, 0.1) is 5.92 Å². The molecule has 0 spiro atoms. The summed E-state index contributed by atoms with van der Waals surface area (Å²) in [6.07, 6.45) is 3.53. The van der Waals surface area contributed by atoms with E-state index in [1.165, 1.54) is 23.8 Å². The molecule has 1 unspecified atom stereocenters. The van der Waals surface area contributed by atoms with Crippen LogP contribution in [0.4, 0.5) is 0 Å². The minimum absolute atomic E-state index is 0.0901. The van der Waals surface area contributed by atoms with Gasteiger partial charge in [0.25, 0.3) is 0 Å². The first-order valence-corrected chi connectivity index (χ1v) is 15.5. The lowest BCUT2D eigenvalue weighted by Gasteiger charge is -2.34. The van der Waals surface area contributed by atoms with Crippen LogP contribution in [0, 0.1) is 17.8 Å². The summed E-state index contributed by atoms with van der Waals surface area (Å²) in [7, 11) is 3.68. The first-order valence-electron chi connectivity index (χ1n) is 14.6. The van der Waals surface area contributed by atoms with Crippen LogP contribution in [0.25, 0.3) is 0 Å². The number of amides is 1. The summed E-state index contributed by atoms with van der Waals surface area (Å²) in [5.41, 5.74) is 1.56. The van der Waals surface area contributed by atoms with Crippen molar-refractivity contribution in [3.8, 4) is 0 Å². The molecule has 1 heterocycles. The van der Waals surface area contributed by atoms with E-state index in [0.29, 0.717) is 42.2 Å². The highest BCUT2D eigenvalue weighted by Crippen LogP contribution is 2.30. The molecule has 5 atom stereocenters. The van der Waals surface area contributed by atoms with E-state index in [1.807, 2.05) is 39.1 Å². The van der Waals surface area contributed by atoms with Gasteiger partial charge in [-0.1, -0.05) is 71.4 Å². The summed E-state index contributed by atoms with van der Waals surface area (Å²) in [6.45, 7) is 11.3. The highest BCUT2D eigenvalue weighted by molar-refractivity contribution is 7.09. The van der Waals surface area contributed by atoms with E-state index in [1.54, 1.807) is 24.3 Å². The number of hydrogen-bond acceptors (Lipinski definition) is 8. The predicted octanol–water partition coefficient (Wildman–Crippen LogP) is 5.80. The molecule has 0 saturated carbocycles. The number of likely N-dealkylation sites (N-methyl/N-ethyl adjacent to an activating group) is 1. The highest BCUT2D eigenvalue weighted by atomic mass is 32.1. The van der Waals surface area contributed by atoms with Gasteiger partial charge in [0, 0.05) is 44.3 Å². The predicted molar refractivity (Wildman–Crippen MR) is 167 cm³/mol. The van der Waals surface area contributed by atoms with E-state index in [9.17, 15) is 19.2 Å². The maximum atomic E-state index is 12.6. The Balaban J connectivity index is 0.000000470. The van der Waals surface area contributed by atoms with Gasteiger partial charge in [-0.05, 0) is 37.3 Å². The number of carboxylic acids is 1. The van der Waals surface area contributed by atoms with Crippen LogP contribution in [-0.2, 0) is 25.5 Å². The van der Waals surface area contributed by atoms with Gasteiger partial charge in [-0.15, -0.1) is 11.3 Å². The summed E-state index contributed by atoms with van der Waals surface area (Å²) in [5, 5.41) is 14.3. The molecule has 0 aliphatic carbocycles. The molecule has 0 fully saturated rings. The van der Waals surface area contributed by atoms with Crippen LogP contribution >= 0.6 is 11.3 Å². The lowest BCUT2D eigenvalue weighted by molar-refractivity contribution is -0.148. The second-order valence-electron chi connectivity index (χ2n) is 11.2. The van der Waals surface area contributed by atoms with Crippen LogP contribution in [0.3, 0.4) is 0 Å². The Labute approximate surface area is 255 Å². The Morgan fingerprint density at radius 1 is 1.12 bits per heavy atom. The number of nitrogens with zero attached hydrogens (tertiary/aromatic N) is 2. The molecule has 0 bridgehead atoms. The second-order valence-corrected chi connectivity index (χ2v) is 12.1. The minimum atomic E-state index is -0.728. The molecule has 2 rings (SSSR count). The Morgan fingerprint density at radius 3 is 2.24 bits per heavy atom. The van der Waals surface area contributed by atoms with Crippen molar-refractivity contribution in [3.63, 3.8) is 0 Å². The topological polar surface area (TPSA) is 126 Å². The van der Waals surface area contributed by atoms with Crippen LogP contribution in [-0.4, -0.2) is 65.3 Å². The van der Waals surface area contributed by atoms with Crippen molar-refractivity contribution in [2.45, 2.75) is 91.8 Å². The number of carbonyl (C=O) groups excluding carboxylic acids is 3. The summed E-state index contributed by atoms with van der Waals surface area (Å²) in [5.74, 6) is -0.837. The van der Waals surface area contributed by atoms with E-state index in [0.717, 1.165) is 12.8 Å². The third kappa shape index (κ3) is 13.2. The second kappa shape index (κ2) is 19.2. The third-order valence-corrected chi connectivity index (χ3v) is 8.33. The van der Waals surface area contributed by atoms with E-state index in [2.05, 4.69) is 36.3 Å². The van der Waals surface area contributed by atoms with Gasteiger partial charge in [-0.25, -0.2) is 4.98 Å². The number of aromatic nitrogens is 1. The molecular formula is C32H49N3O6S. The molecule has 0 aliphatic rings. The summed E-state index contributed by atoms with van der Waals surface area (Å²) >= 11 is 1.29. The zero-order valence-corrected chi connectivity index (χ0v) is 27.1. The number of aldehydes is 1. The molecule has 234 valence electrons. The number of nitrogens with one attached hydrogen (secondary N) is 1. The molecule has 1 aromatic heterocycles. The first-order chi connectivity index (χ1) is 19.8. The van der Waals surface area contributed by atoms with Crippen molar-refractivity contribution in [1.82, 2.24) is 15.2 Å². The molecular weight excluding hydrogens is 554 g/mol. The van der Waals surface area contributed by atoms with E-state index < -0.39 is 18.0 Å². The molecule has 0 aliphatic heterocycles. The van der Waals surface area contributed by atoms with Crippen LogP contribution in [0.2, 0.25) is 0 Å². The summed E-state index contributed by atoms with van der Waals surface area (Å²) in [4.78, 5) is 51.8. The van der Waals surface area contributed by atoms with E-state index >= 15 is 0 Å². The Morgan fingerprint density at radius 2 is 1.76 bits per heavy atom. The lowest BCUT2D eigenvalue weighted by atomic mass is 9.95. The number of rotatable bonds is 16. The van der Waals surface area contributed by atoms with Gasteiger partial charge < -0.3 is 20.1 Å². The van der Waals surface area contributed by atoms with E-state index in [-0.39, 0.29) is 29.8 Å². The molecule has 1 amide bonds. The molecule has 9 nitrogen and oxygen atoms in total. The third-order valence-electron chi connectivity index (χ3n) is 7.37. The van der Waals surface area contributed by atoms with Crippen molar-refractivity contribution in [1.29, 1.82) is 0 Å². The van der Waals surface area contributed by atoms with Crippen LogP contribution in [0.5, 0.6) is 0 Å². The molecule has 10 heteroatoms. The molecule has 0 saturated heterocycles. The molecule has 0 radical (unpaired) electrons. The Kier molecular flexibility index (Phi) is 16.8. The number of carboxylic acid groups (broad SMARTS) is 1. The van der Waals surface area contributed by atoms with Crippen molar-refractivity contribution in [3.05, 3.63) is 52.0 Å².